The summed E-state index contributed by atoms with van der Waals surface area (Å²) >= 11 is 0. The third-order valence-electron chi connectivity index (χ3n) is 6.59. The van der Waals surface area contributed by atoms with Crippen LogP contribution in [0.3, 0.4) is 0 Å². The molecule has 1 aromatic rings. The zero-order chi connectivity index (χ0) is 18.6. The molecule has 2 N–H and O–H groups in total. The first kappa shape index (κ1) is 18.2. The smallest absolute Gasteiger partial charge is 0.114 e. The number of carbonyl (C=O) groups is 1. The van der Waals surface area contributed by atoms with Crippen molar-refractivity contribution >= 4 is 5.97 Å². The third kappa shape index (κ3) is 2.56. The Hall–Kier alpha value is -1.59. The highest BCUT2D eigenvalue weighted by Gasteiger charge is 2.60. The van der Waals surface area contributed by atoms with Crippen molar-refractivity contribution in [3.63, 3.8) is 0 Å². The predicted octanol–water partition coefficient (Wildman–Crippen LogP) is 1.83. The fourth-order valence-corrected chi connectivity index (χ4v) is 5.05. The Bertz CT molecular complexity index is 718. The van der Waals surface area contributed by atoms with Crippen LogP contribution in [0, 0.1) is 24.2 Å². The average Bonchev–Trinajstić information content (AvgIpc) is 2.87. The summed E-state index contributed by atoms with van der Waals surface area (Å²) in [4.78, 5) is 11.0. The summed E-state index contributed by atoms with van der Waals surface area (Å²) in [5, 5.41) is 33.5. The molecule has 3 rings (SSSR count). The van der Waals surface area contributed by atoms with Gasteiger partial charge in [0.2, 0.25) is 0 Å². The van der Waals surface area contributed by atoms with Gasteiger partial charge in [-0.3, -0.25) is 0 Å². The van der Waals surface area contributed by atoms with Crippen molar-refractivity contribution in [1.29, 1.82) is 0 Å². The zero-order valence-electron chi connectivity index (χ0n) is 15.3. The fourth-order valence-electron chi connectivity index (χ4n) is 5.05. The van der Waals surface area contributed by atoms with Gasteiger partial charge in [-0.2, -0.15) is 0 Å². The van der Waals surface area contributed by atoms with Gasteiger partial charge in [0, 0.05) is 23.4 Å². The monoisotopic (exact) mass is 347 g/mol. The molecule has 0 aliphatic heterocycles. The molecule has 0 saturated heterocycles. The predicted molar refractivity (Wildman–Crippen MR) is 90.4 cm³/mol. The molecule has 0 fully saturated rings. The number of carboxylic acid groups (broad SMARTS) is 1. The minimum Gasteiger partial charge on any atom is -0.550 e. The SMILES string of the molecule is Cc1coc2c1[C@@](O)(CC(C)CC(=O)[O-])[C@]1(C)C(=CC[C@H](O)[C@@H]1C)C2. The van der Waals surface area contributed by atoms with E-state index in [1.54, 1.807) is 6.26 Å². The normalized spacial score (nSPS) is 35.5. The molecule has 5 atom stereocenters. The second-order valence-electron chi connectivity index (χ2n) is 8.16. The van der Waals surface area contributed by atoms with Gasteiger partial charge in [-0.1, -0.05) is 32.4 Å². The van der Waals surface area contributed by atoms with Gasteiger partial charge in [-0.25, -0.2) is 0 Å². The molecule has 1 aromatic heterocycles. The molecule has 2 aliphatic rings. The minimum absolute atomic E-state index is 0.111. The highest BCUT2D eigenvalue weighted by atomic mass is 16.4. The summed E-state index contributed by atoms with van der Waals surface area (Å²) < 4.78 is 5.71. The summed E-state index contributed by atoms with van der Waals surface area (Å²) in [6.45, 7) is 7.67. The van der Waals surface area contributed by atoms with Crippen LogP contribution >= 0.6 is 0 Å². The van der Waals surface area contributed by atoms with Crippen LogP contribution in [0.25, 0.3) is 0 Å². The molecule has 5 nitrogen and oxygen atoms in total. The molecule has 25 heavy (non-hydrogen) atoms. The van der Waals surface area contributed by atoms with Crippen molar-refractivity contribution < 1.29 is 24.5 Å². The molecular weight excluding hydrogens is 320 g/mol. The van der Waals surface area contributed by atoms with Gasteiger partial charge < -0.3 is 24.5 Å². The second-order valence-corrected chi connectivity index (χ2v) is 8.16. The number of hydrogen-bond donors (Lipinski definition) is 2. The number of aryl methyl sites for hydroxylation is 1. The van der Waals surface area contributed by atoms with E-state index < -0.39 is 23.1 Å². The van der Waals surface area contributed by atoms with E-state index in [0.29, 0.717) is 12.8 Å². The molecule has 138 valence electrons. The van der Waals surface area contributed by atoms with E-state index in [1.165, 1.54) is 0 Å². The number of hydrogen-bond acceptors (Lipinski definition) is 5. The van der Waals surface area contributed by atoms with E-state index in [2.05, 4.69) is 0 Å². The lowest BCUT2D eigenvalue weighted by Crippen LogP contribution is -2.57. The Balaban J connectivity index is 2.16. The number of rotatable bonds is 4. The van der Waals surface area contributed by atoms with Crippen LogP contribution in [0.15, 0.2) is 22.3 Å². The highest BCUT2D eigenvalue weighted by molar-refractivity contribution is 5.64. The number of aliphatic hydroxyl groups excluding tert-OH is 1. The zero-order valence-corrected chi connectivity index (χ0v) is 15.3. The van der Waals surface area contributed by atoms with Crippen molar-refractivity contribution in [2.24, 2.45) is 17.3 Å². The number of fused-ring (bicyclic) bond motifs is 2. The highest BCUT2D eigenvalue weighted by Crippen LogP contribution is 2.61. The fraction of sp³-hybridized carbons (Fsp3) is 0.650. The summed E-state index contributed by atoms with van der Waals surface area (Å²) in [7, 11) is 0. The van der Waals surface area contributed by atoms with Gasteiger partial charge >= 0.3 is 0 Å². The number of aliphatic carboxylic acids is 1. The van der Waals surface area contributed by atoms with Crippen LogP contribution in [-0.2, 0) is 16.8 Å². The van der Waals surface area contributed by atoms with Crippen molar-refractivity contribution in [1.82, 2.24) is 0 Å². The van der Waals surface area contributed by atoms with Gasteiger partial charge in [0.1, 0.15) is 11.4 Å². The molecule has 0 saturated carbocycles. The van der Waals surface area contributed by atoms with Gasteiger partial charge in [0.25, 0.3) is 0 Å². The summed E-state index contributed by atoms with van der Waals surface area (Å²) in [5.74, 6) is -0.795. The maximum absolute atomic E-state index is 12.0. The maximum atomic E-state index is 12.0. The van der Waals surface area contributed by atoms with Crippen LogP contribution in [0.4, 0.5) is 0 Å². The van der Waals surface area contributed by atoms with Crippen LogP contribution in [0.2, 0.25) is 0 Å². The molecule has 0 aromatic carbocycles. The molecule has 0 bridgehead atoms. The Morgan fingerprint density at radius 1 is 1.52 bits per heavy atom. The van der Waals surface area contributed by atoms with Crippen molar-refractivity contribution in [2.75, 3.05) is 0 Å². The standard InChI is InChI=1S/C20H28O5/c1-11(7-17(22)23)9-20(24)18-12(2)10-25-16(18)8-14-5-6-15(21)13(3)19(14,20)4/h5,10-11,13,15,21,24H,6-9H2,1-4H3,(H,22,23)/p-1/t11?,13-,15-,19-,20-/m0/s1. The molecule has 1 unspecified atom stereocenters. The summed E-state index contributed by atoms with van der Waals surface area (Å²) in [6.07, 6.45) is 4.48. The second kappa shape index (κ2) is 5.99. The van der Waals surface area contributed by atoms with E-state index in [-0.39, 0.29) is 24.7 Å². The Morgan fingerprint density at radius 2 is 2.20 bits per heavy atom. The van der Waals surface area contributed by atoms with Crippen molar-refractivity contribution in [3.05, 3.63) is 34.8 Å². The molecule has 2 aliphatic carbocycles. The van der Waals surface area contributed by atoms with E-state index in [9.17, 15) is 20.1 Å². The Labute approximate surface area is 148 Å². The maximum Gasteiger partial charge on any atom is 0.114 e. The summed E-state index contributed by atoms with van der Waals surface area (Å²) in [5.41, 5.74) is 0.727. The summed E-state index contributed by atoms with van der Waals surface area (Å²) in [6, 6.07) is 0. The van der Waals surface area contributed by atoms with Crippen molar-refractivity contribution in [3.8, 4) is 0 Å². The van der Waals surface area contributed by atoms with E-state index in [4.69, 9.17) is 4.42 Å². The molecular formula is C20H27O5-. The van der Waals surface area contributed by atoms with E-state index in [1.807, 2.05) is 33.8 Å². The Kier molecular flexibility index (Phi) is 4.36. The van der Waals surface area contributed by atoms with Crippen LogP contribution in [0.1, 0.15) is 56.9 Å². The van der Waals surface area contributed by atoms with E-state index in [0.717, 1.165) is 22.5 Å². The molecule has 1 heterocycles. The van der Waals surface area contributed by atoms with Crippen molar-refractivity contribution in [2.45, 2.75) is 65.1 Å². The van der Waals surface area contributed by atoms with Crippen LogP contribution in [0.5, 0.6) is 0 Å². The topological polar surface area (TPSA) is 93.7 Å². The lowest BCUT2D eigenvalue weighted by Gasteiger charge is -2.56. The average molecular weight is 347 g/mol. The lowest BCUT2D eigenvalue weighted by atomic mass is 9.50. The number of furan rings is 1. The lowest BCUT2D eigenvalue weighted by molar-refractivity contribution is -0.307. The van der Waals surface area contributed by atoms with E-state index >= 15 is 0 Å². The van der Waals surface area contributed by atoms with Crippen LogP contribution < -0.4 is 5.11 Å². The molecule has 0 spiro atoms. The largest absolute Gasteiger partial charge is 0.550 e. The van der Waals surface area contributed by atoms with Gasteiger partial charge in [-0.15, -0.1) is 0 Å². The minimum atomic E-state index is -1.29. The Morgan fingerprint density at radius 3 is 2.84 bits per heavy atom. The van der Waals surface area contributed by atoms with Gasteiger partial charge in [0.15, 0.2) is 0 Å². The molecule has 5 heteroatoms. The first-order valence-electron chi connectivity index (χ1n) is 8.98. The molecule has 0 amide bonds. The molecule has 0 radical (unpaired) electrons. The number of aliphatic hydroxyl groups is 2. The first-order chi connectivity index (χ1) is 11.6. The van der Waals surface area contributed by atoms with Crippen LogP contribution in [-0.4, -0.2) is 22.3 Å². The van der Waals surface area contributed by atoms with Gasteiger partial charge in [0.05, 0.1) is 12.4 Å². The third-order valence-corrected chi connectivity index (χ3v) is 6.59. The number of carbonyl (C=O) groups excluding carboxylic acids is 1. The van der Waals surface area contributed by atoms with Gasteiger partial charge in [-0.05, 0) is 43.6 Å². The quantitative estimate of drug-likeness (QED) is 0.811. The number of carboxylic acids is 1. The first-order valence-corrected chi connectivity index (χ1v) is 8.98.